The van der Waals surface area contributed by atoms with Gasteiger partial charge in [-0.15, -0.1) is 11.3 Å². The summed E-state index contributed by atoms with van der Waals surface area (Å²) in [5.74, 6) is -0.287. The molecule has 4 nitrogen and oxygen atoms in total. The lowest BCUT2D eigenvalue weighted by Gasteiger charge is -2.37. The number of halogens is 1. The summed E-state index contributed by atoms with van der Waals surface area (Å²) in [4.78, 5) is 6.73. The van der Waals surface area contributed by atoms with Gasteiger partial charge in [0.15, 0.2) is 10.9 Å². The number of ether oxygens (including phenoxy) is 2. The van der Waals surface area contributed by atoms with E-state index in [2.05, 4.69) is 25.8 Å². The lowest BCUT2D eigenvalue weighted by molar-refractivity contribution is -0.169. The van der Waals surface area contributed by atoms with Crippen molar-refractivity contribution in [3.8, 4) is 0 Å². The fraction of sp³-hybridized carbons (Fsp3) is 0.700. The lowest BCUT2D eigenvalue weighted by Crippen LogP contribution is -2.45. The Morgan fingerprint density at radius 3 is 2.56 bits per heavy atom. The van der Waals surface area contributed by atoms with Crippen LogP contribution in [0, 0.1) is 0 Å². The highest BCUT2D eigenvalue weighted by Gasteiger charge is 2.40. The molecule has 3 heterocycles. The van der Waals surface area contributed by atoms with Gasteiger partial charge in [-0.3, -0.25) is 0 Å². The Morgan fingerprint density at radius 2 is 2.00 bits per heavy atom. The van der Waals surface area contributed by atoms with Crippen LogP contribution in [0.4, 0.5) is 5.13 Å². The molecule has 0 unspecified atom stereocenters. The van der Waals surface area contributed by atoms with Crippen molar-refractivity contribution in [1.82, 2.24) is 4.98 Å². The first kappa shape index (κ1) is 11.0. The molecule has 0 saturated carbocycles. The van der Waals surface area contributed by atoms with Gasteiger partial charge in [0.1, 0.15) is 4.60 Å². The third-order valence-corrected chi connectivity index (χ3v) is 4.68. The molecule has 6 heteroatoms. The quantitative estimate of drug-likeness (QED) is 0.797. The van der Waals surface area contributed by atoms with E-state index >= 15 is 0 Å². The standard InChI is InChI=1S/C10H13BrN2O2S/c11-8-7-16-9(12-8)13-3-1-10(2-4-13)14-5-6-15-10/h7H,1-6H2. The first-order chi connectivity index (χ1) is 7.77. The molecule has 3 rings (SSSR count). The SMILES string of the molecule is Brc1csc(N2CCC3(CC2)OCCO3)n1. The van der Waals surface area contributed by atoms with Crippen LogP contribution < -0.4 is 4.90 Å². The van der Waals surface area contributed by atoms with Crippen molar-refractivity contribution in [2.24, 2.45) is 0 Å². The first-order valence-electron chi connectivity index (χ1n) is 5.41. The minimum absolute atomic E-state index is 0.287. The largest absolute Gasteiger partial charge is 0.348 e. The van der Waals surface area contributed by atoms with Gasteiger partial charge in [0.25, 0.3) is 0 Å². The highest BCUT2D eigenvalue weighted by Crippen LogP contribution is 2.34. The fourth-order valence-corrected chi connectivity index (χ4v) is 3.52. The fourth-order valence-electron chi connectivity index (χ4n) is 2.22. The van der Waals surface area contributed by atoms with Crippen LogP contribution in [0.3, 0.4) is 0 Å². The number of nitrogens with zero attached hydrogens (tertiary/aromatic N) is 2. The summed E-state index contributed by atoms with van der Waals surface area (Å²) in [5, 5.41) is 3.10. The van der Waals surface area contributed by atoms with E-state index in [-0.39, 0.29) is 5.79 Å². The Morgan fingerprint density at radius 1 is 1.31 bits per heavy atom. The minimum atomic E-state index is -0.287. The summed E-state index contributed by atoms with van der Waals surface area (Å²) in [6.07, 6.45) is 1.87. The normalized spacial score (nSPS) is 24.2. The van der Waals surface area contributed by atoms with Gasteiger partial charge in [-0.25, -0.2) is 4.98 Å². The maximum absolute atomic E-state index is 5.70. The van der Waals surface area contributed by atoms with Gasteiger partial charge in [-0.05, 0) is 15.9 Å². The molecule has 2 aliphatic heterocycles. The van der Waals surface area contributed by atoms with Crippen LogP contribution in [0.25, 0.3) is 0 Å². The van der Waals surface area contributed by atoms with Crippen molar-refractivity contribution in [2.75, 3.05) is 31.2 Å². The van der Waals surface area contributed by atoms with E-state index in [1.807, 2.05) is 5.38 Å². The molecule has 0 radical (unpaired) electrons. The van der Waals surface area contributed by atoms with Crippen molar-refractivity contribution in [2.45, 2.75) is 18.6 Å². The summed E-state index contributed by atoms with van der Waals surface area (Å²) < 4.78 is 12.3. The third-order valence-electron chi connectivity index (χ3n) is 3.07. The molecule has 0 bridgehead atoms. The predicted molar refractivity (Wildman–Crippen MR) is 65.9 cm³/mol. The van der Waals surface area contributed by atoms with E-state index in [9.17, 15) is 0 Å². The number of aromatic nitrogens is 1. The zero-order valence-electron chi connectivity index (χ0n) is 8.82. The van der Waals surface area contributed by atoms with Gasteiger partial charge in [0.05, 0.1) is 13.2 Å². The second kappa shape index (κ2) is 4.25. The number of piperidine rings is 1. The number of hydrogen-bond donors (Lipinski definition) is 0. The van der Waals surface area contributed by atoms with Gasteiger partial charge in [-0.2, -0.15) is 0 Å². The Labute approximate surface area is 107 Å². The van der Waals surface area contributed by atoms with Crippen molar-refractivity contribution >= 4 is 32.4 Å². The Bertz CT molecular complexity index is 369. The molecule has 2 aliphatic rings. The minimum Gasteiger partial charge on any atom is -0.348 e. The van der Waals surface area contributed by atoms with Gasteiger partial charge in [0.2, 0.25) is 0 Å². The van der Waals surface area contributed by atoms with Crippen LogP contribution in [-0.2, 0) is 9.47 Å². The molecule has 1 aromatic rings. The first-order valence-corrected chi connectivity index (χ1v) is 7.09. The zero-order valence-corrected chi connectivity index (χ0v) is 11.2. The van der Waals surface area contributed by atoms with Gasteiger partial charge in [-0.1, -0.05) is 0 Å². The van der Waals surface area contributed by atoms with Gasteiger partial charge >= 0.3 is 0 Å². The Kier molecular flexibility index (Phi) is 2.91. The zero-order chi connectivity index (χ0) is 11.0. The second-order valence-electron chi connectivity index (χ2n) is 4.05. The number of hydrogen-bond acceptors (Lipinski definition) is 5. The summed E-state index contributed by atoms with van der Waals surface area (Å²) in [6.45, 7) is 3.39. The van der Waals surface area contributed by atoms with Crippen LogP contribution in [0.5, 0.6) is 0 Å². The van der Waals surface area contributed by atoms with E-state index in [1.54, 1.807) is 11.3 Å². The molecule has 1 spiro atoms. The van der Waals surface area contributed by atoms with E-state index in [4.69, 9.17) is 9.47 Å². The number of rotatable bonds is 1. The average Bonchev–Trinajstić information content (AvgIpc) is 2.90. The highest BCUT2D eigenvalue weighted by atomic mass is 79.9. The van der Waals surface area contributed by atoms with Crippen LogP contribution in [0.1, 0.15) is 12.8 Å². The van der Waals surface area contributed by atoms with Crippen molar-refractivity contribution in [3.05, 3.63) is 9.98 Å². The monoisotopic (exact) mass is 304 g/mol. The van der Waals surface area contributed by atoms with Gasteiger partial charge < -0.3 is 14.4 Å². The van der Waals surface area contributed by atoms with Gasteiger partial charge in [0, 0.05) is 31.3 Å². The van der Waals surface area contributed by atoms with Crippen LogP contribution in [0.15, 0.2) is 9.98 Å². The molecule has 0 N–H and O–H groups in total. The average molecular weight is 305 g/mol. The molecule has 0 aromatic carbocycles. The van der Waals surface area contributed by atoms with E-state index in [1.165, 1.54) is 0 Å². The van der Waals surface area contributed by atoms with Crippen molar-refractivity contribution < 1.29 is 9.47 Å². The van der Waals surface area contributed by atoms with Crippen molar-refractivity contribution in [1.29, 1.82) is 0 Å². The molecule has 0 atom stereocenters. The molecule has 2 saturated heterocycles. The lowest BCUT2D eigenvalue weighted by atomic mass is 10.0. The third kappa shape index (κ3) is 1.99. The molecule has 2 fully saturated rings. The van der Waals surface area contributed by atoms with E-state index in [0.29, 0.717) is 0 Å². The highest BCUT2D eigenvalue weighted by molar-refractivity contribution is 9.10. The summed E-state index contributed by atoms with van der Waals surface area (Å²) in [5.41, 5.74) is 0. The molecule has 16 heavy (non-hydrogen) atoms. The predicted octanol–water partition coefficient (Wildman–Crippen LogP) is 2.25. The summed E-state index contributed by atoms with van der Waals surface area (Å²) in [7, 11) is 0. The van der Waals surface area contributed by atoms with E-state index < -0.39 is 0 Å². The summed E-state index contributed by atoms with van der Waals surface area (Å²) in [6, 6.07) is 0. The molecule has 1 aromatic heterocycles. The van der Waals surface area contributed by atoms with Crippen molar-refractivity contribution in [3.63, 3.8) is 0 Å². The molecular weight excluding hydrogens is 292 g/mol. The smallest absolute Gasteiger partial charge is 0.186 e. The van der Waals surface area contributed by atoms with E-state index in [0.717, 1.165) is 48.9 Å². The molecule has 88 valence electrons. The maximum Gasteiger partial charge on any atom is 0.186 e. The number of thiazole rings is 1. The Balaban J connectivity index is 1.66. The summed E-state index contributed by atoms with van der Waals surface area (Å²) >= 11 is 5.06. The van der Waals surface area contributed by atoms with Crippen LogP contribution in [0.2, 0.25) is 0 Å². The van der Waals surface area contributed by atoms with Crippen LogP contribution in [-0.4, -0.2) is 37.1 Å². The molecular formula is C10H13BrN2O2S. The Hall–Kier alpha value is -0.170. The second-order valence-corrected chi connectivity index (χ2v) is 5.70. The molecule has 0 amide bonds. The van der Waals surface area contributed by atoms with Crippen LogP contribution >= 0.6 is 27.3 Å². The molecule has 0 aliphatic carbocycles. The maximum atomic E-state index is 5.70. The topological polar surface area (TPSA) is 34.6 Å². The number of anilines is 1.